The van der Waals surface area contributed by atoms with Gasteiger partial charge >= 0.3 is 5.97 Å². The summed E-state index contributed by atoms with van der Waals surface area (Å²) in [5.41, 5.74) is 7.18. The van der Waals surface area contributed by atoms with Crippen LogP contribution in [-0.2, 0) is 9.53 Å². The van der Waals surface area contributed by atoms with Crippen molar-refractivity contribution < 1.29 is 14.3 Å². The van der Waals surface area contributed by atoms with Gasteiger partial charge in [-0.1, -0.05) is 53.3 Å². The van der Waals surface area contributed by atoms with E-state index in [1.807, 2.05) is 24.3 Å². The minimum atomic E-state index is -0.773. The SMILES string of the molecule is CCOC(=O)C1=C(N)Oc2c(c(=O)sc3ccccc23)[C@H]1c1ccccc1Cl. The normalized spacial score (nSPS) is 15.9. The third-order valence-electron chi connectivity index (χ3n) is 4.57. The zero-order valence-corrected chi connectivity index (χ0v) is 16.5. The number of fused-ring (bicyclic) bond motifs is 3. The standard InChI is InChI=1S/C21H16ClNO4S/c1-2-26-20(24)17-15(11-7-3-5-9-13(11)22)16-18(27-19(17)23)12-8-4-6-10-14(12)28-21(16)25/h3-10,15H,2,23H2,1H3/t15-/m1/s1. The molecule has 0 saturated carbocycles. The molecule has 4 rings (SSSR count). The van der Waals surface area contributed by atoms with Crippen LogP contribution in [0.5, 0.6) is 5.75 Å². The zero-order chi connectivity index (χ0) is 19.8. The number of carbonyl (C=O) groups is 1. The van der Waals surface area contributed by atoms with Gasteiger partial charge in [-0.05, 0) is 30.7 Å². The van der Waals surface area contributed by atoms with E-state index < -0.39 is 11.9 Å². The second-order valence-corrected chi connectivity index (χ2v) is 7.61. The summed E-state index contributed by atoms with van der Waals surface area (Å²) >= 11 is 7.53. The molecule has 0 radical (unpaired) electrons. The first-order valence-corrected chi connectivity index (χ1v) is 9.87. The molecular formula is C21H16ClNO4S. The number of ether oxygens (including phenoxy) is 2. The molecule has 0 spiro atoms. The molecule has 28 heavy (non-hydrogen) atoms. The molecule has 0 aliphatic carbocycles. The average Bonchev–Trinajstić information content (AvgIpc) is 2.67. The molecule has 0 fully saturated rings. The van der Waals surface area contributed by atoms with Crippen LogP contribution in [-0.4, -0.2) is 12.6 Å². The lowest BCUT2D eigenvalue weighted by molar-refractivity contribution is -0.139. The number of halogens is 1. The molecule has 142 valence electrons. The van der Waals surface area contributed by atoms with Gasteiger partial charge < -0.3 is 15.2 Å². The van der Waals surface area contributed by atoms with E-state index >= 15 is 0 Å². The Hall–Kier alpha value is -2.83. The predicted molar refractivity (Wildman–Crippen MR) is 110 cm³/mol. The van der Waals surface area contributed by atoms with Gasteiger partial charge in [-0.3, -0.25) is 4.79 Å². The number of esters is 1. The van der Waals surface area contributed by atoms with E-state index in [1.54, 1.807) is 31.2 Å². The topological polar surface area (TPSA) is 78.6 Å². The van der Waals surface area contributed by atoms with Crippen LogP contribution >= 0.6 is 22.9 Å². The van der Waals surface area contributed by atoms with Crippen molar-refractivity contribution in [3.8, 4) is 5.75 Å². The van der Waals surface area contributed by atoms with Crippen LogP contribution in [0.25, 0.3) is 10.1 Å². The summed E-state index contributed by atoms with van der Waals surface area (Å²) in [6.07, 6.45) is 0. The van der Waals surface area contributed by atoms with Gasteiger partial charge in [-0.25, -0.2) is 4.79 Å². The van der Waals surface area contributed by atoms with Gasteiger partial charge in [0.05, 0.1) is 18.1 Å². The number of hydrogen-bond donors (Lipinski definition) is 1. The Labute approximate surface area is 170 Å². The number of benzene rings is 2. The minimum Gasteiger partial charge on any atom is -0.462 e. The van der Waals surface area contributed by atoms with E-state index in [2.05, 4.69) is 0 Å². The van der Waals surface area contributed by atoms with Crippen LogP contribution in [0.3, 0.4) is 0 Å². The smallest absolute Gasteiger partial charge is 0.340 e. The Balaban J connectivity index is 2.07. The molecule has 2 N–H and O–H groups in total. The first-order valence-electron chi connectivity index (χ1n) is 8.67. The second kappa shape index (κ2) is 7.30. The van der Waals surface area contributed by atoms with Crippen molar-refractivity contribution >= 4 is 39.0 Å². The largest absolute Gasteiger partial charge is 0.462 e. The van der Waals surface area contributed by atoms with Crippen LogP contribution in [0.15, 0.2) is 64.8 Å². The number of rotatable bonds is 3. The van der Waals surface area contributed by atoms with Gasteiger partial charge in [-0.2, -0.15) is 0 Å². The summed E-state index contributed by atoms with van der Waals surface area (Å²) < 4.78 is 11.6. The molecule has 0 saturated heterocycles. The number of nitrogens with two attached hydrogens (primary N) is 1. The first kappa shape index (κ1) is 18.5. The maximum atomic E-state index is 13.1. The molecule has 7 heteroatoms. The fourth-order valence-corrected chi connectivity index (χ4v) is 4.58. The van der Waals surface area contributed by atoms with E-state index in [-0.39, 0.29) is 22.8 Å². The van der Waals surface area contributed by atoms with Crippen LogP contribution in [0.4, 0.5) is 0 Å². The minimum absolute atomic E-state index is 0.0852. The summed E-state index contributed by atoms with van der Waals surface area (Å²) in [7, 11) is 0. The third kappa shape index (κ3) is 2.95. The van der Waals surface area contributed by atoms with Gasteiger partial charge in [0.25, 0.3) is 0 Å². The quantitative estimate of drug-likeness (QED) is 0.652. The Morgan fingerprint density at radius 2 is 1.93 bits per heavy atom. The monoisotopic (exact) mass is 413 g/mol. The maximum absolute atomic E-state index is 13.1. The Morgan fingerprint density at radius 1 is 1.21 bits per heavy atom. The fraction of sp³-hybridized carbons (Fsp3) is 0.143. The highest BCUT2D eigenvalue weighted by Gasteiger charge is 2.39. The Morgan fingerprint density at radius 3 is 2.68 bits per heavy atom. The molecule has 2 aromatic carbocycles. The molecular weight excluding hydrogens is 398 g/mol. The van der Waals surface area contributed by atoms with Gasteiger partial charge in [0.2, 0.25) is 10.6 Å². The van der Waals surface area contributed by atoms with Crippen molar-refractivity contribution in [2.45, 2.75) is 12.8 Å². The van der Waals surface area contributed by atoms with E-state index in [0.717, 1.165) is 21.4 Å². The van der Waals surface area contributed by atoms with Gasteiger partial charge in [-0.15, -0.1) is 0 Å². The highest BCUT2D eigenvalue weighted by molar-refractivity contribution is 7.16. The van der Waals surface area contributed by atoms with Crippen molar-refractivity contribution in [3.05, 3.63) is 85.7 Å². The molecule has 0 unspecified atom stereocenters. The summed E-state index contributed by atoms with van der Waals surface area (Å²) in [5, 5.41) is 1.18. The highest BCUT2D eigenvalue weighted by Crippen LogP contribution is 2.46. The molecule has 1 aliphatic rings. The molecule has 1 aromatic heterocycles. The Kier molecular flexibility index (Phi) is 4.83. The molecule has 1 aliphatic heterocycles. The molecule has 0 amide bonds. The second-order valence-electron chi connectivity index (χ2n) is 6.18. The van der Waals surface area contributed by atoms with E-state index in [0.29, 0.717) is 21.9 Å². The molecule has 5 nitrogen and oxygen atoms in total. The summed E-state index contributed by atoms with van der Waals surface area (Å²) in [6.45, 7) is 1.87. The highest BCUT2D eigenvalue weighted by atomic mass is 35.5. The van der Waals surface area contributed by atoms with Crippen molar-refractivity contribution in [1.82, 2.24) is 0 Å². The summed E-state index contributed by atoms with van der Waals surface area (Å²) in [4.78, 5) is 25.8. The van der Waals surface area contributed by atoms with E-state index in [4.69, 9.17) is 26.8 Å². The van der Waals surface area contributed by atoms with Crippen LogP contribution < -0.4 is 15.2 Å². The molecule has 1 atom stereocenters. The Bertz CT molecular complexity index is 1180. The molecule has 0 bridgehead atoms. The lowest BCUT2D eigenvalue weighted by Crippen LogP contribution is -2.30. The van der Waals surface area contributed by atoms with Crippen LogP contribution in [0, 0.1) is 0 Å². The van der Waals surface area contributed by atoms with E-state index in [9.17, 15) is 9.59 Å². The average molecular weight is 414 g/mol. The van der Waals surface area contributed by atoms with Gasteiger partial charge in [0.1, 0.15) is 11.3 Å². The first-order chi connectivity index (χ1) is 13.5. The van der Waals surface area contributed by atoms with Crippen molar-refractivity contribution in [1.29, 1.82) is 0 Å². The maximum Gasteiger partial charge on any atom is 0.340 e. The number of carbonyl (C=O) groups excluding carboxylic acids is 1. The van der Waals surface area contributed by atoms with Crippen LogP contribution in [0.1, 0.15) is 24.0 Å². The van der Waals surface area contributed by atoms with Crippen molar-refractivity contribution in [2.75, 3.05) is 6.61 Å². The van der Waals surface area contributed by atoms with Crippen LogP contribution in [0.2, 0.25) is 5.02 Å². The number of hydrogen-bond acceptors (Lipinski definition) is 6. The molecule has 2 heterocycles. The predicted octanol–water partition coefficient (Wildman–Crippen LogP) is 4.17. The lowest BCUT2D eigenvalue weighted by Gasteiger charge is -2.28. The van der Waals surface area contributed by atoms with Crippen molar-refractivity contribution in [3.63, 3.8) is 0 Å². The summed E-state index contributed by atoms with van der Waals surface area (Å²) in [6, 6.07) is 14.5. The van der Waals surface area contributed by atoms with E-state index in [1.165, 1.54) is 0 Å². The van der Waals surface area contributed by atoms with Gasteiger partial charge in [0.15, 0.2) is 0 Å². The van der Waals surface area contributed by atoms with Gasteiger partial charge in [0, 0.05) is 15.1 Å². The summed E-state index contributed by atoms with van der Waals surface area (Å²) in [5.74, 6) is -1.13. The lowest BCUT2D eigenvalue weighted by atomic mass is 9.83. The molecule has 3 aromatic rings. The third-order valence-corrected chi connectivity index (χ3v) is 5.89. The fourth-order valence-electron chi connectivity index (χ4n) is 3.39. The van der Waals surface area contributed by atoms with Crippen molar-refractivity contribution in [2.24, 2.45) is 5.73 Å². The zero-order valence-electron chi connectivity index (χ0n) is 14.9.